The highest BCUT2D eigenvalue weighted by Gasteiger charge is 2.28. The van der Waals surface area contributed by atoms with E-state index in [0.717, 1.165) is 43.3 Å². The summed E-state index contributed by atoms with van der Waals surface area (Å²) in [6.45, 7) is 4.14. The highest BCUT2D eigenvalue weighted by atomic mass is 15.2. The number of piperazine rings is 1. The number of anilines is 1. The fourth-order valence-corrected chi connectivity index (χ4v) is 2.72. The van der Waals surface area contributed by atoms with Crippen LogP contribution in [0.15, 0.2) is 24.3 Å². The normalized spacial score (nSPS) is 19.9. The molecule has 4 rings (SSSR count). The first-order valence-electron chi connectivity index (χ1n) is 7.14. The van der Waals surface area contributed by atoms with E-state index >= 15 is 0 Å². The number of nitrogens with one attached hydrogen (secondary N) is 1. The molecule has 1 N–H and O–H groups in total. The number of nitrogens with zero attached hydrogens (tertiary/aromatic N) is 3. The molecule has 2 aliphatic rings. The van der Waals surface area contributed by atoms with E-state index in [1.54, 1.807) is 0 Å². The molecule has 4 heteroatoms. The first-order chi connectivity index (χ1) is 9.42. The predicted molar refractivity (Wildman–Crippen MR) is 76.6 cm³/mol. The summed E-state index contributed by atoms with van der Waals surface area (Å²) in [5.41, 5.74) is 1.09. The first kappa shape index (κ1) is 11.2. The van der Waals surface area contributed by atoms with Gasteiger partial charge in [-0.3, -0.25) is 0 Å². The molecule has 0 atom stereocenters. The van der Waals surface area contributed by atoms with Crippen molar-refractivity contribution >= 4 is 16.7 Å². The minimum atomic E-state index is 0.603. The van der Waals surface area contributed by atoms with Gasteiger partial charge in [-0.15, -0.1) is 0 Å². The van der Waals surface area contributed by atoms with Crippen molar-refractivity contribution < 1.29 is 0 Å². The molecule has 1 aliphatic heterocycles. The minimum absolute atomic E-state index is 0.603. The average molecular weight is 254 g/mol. The van der Waals surface area contributed by atoms with Crippen molar-refractivity contribution in [2.75, 3.05) is 31.1 Å². The summed E-state index contributed by atoms with van der Waals surface area (Å²) in [7, 11) is 0. The van der Waals surface area contributed by atoms with Gasteiger partial charge in [-0.25, -0.2) is 9.97 Å². The molecule has 0 amide bonds. The summed E-state index contributed by atoms with van der Waals surface area (Å²) in [5.74, 6) is 2.78. The zero-order valence-corrected chi connectivity index (χ0v) is 11.0. The summed E-state index contributed by atoms with van der Waals surface area (Å²) in [6.07, 6.45) is 2.50. The molecule has 2 heterocycles. The zero-order chi connectivity index (χ0) is 12.7. The van der Waals surface area contributed by atoms with Crippen molar-refractivity contribution in [2.24, 2.45) is 0 Å². The molecule has 1 saturated carbocycles. The second-order valence-electron chi connectivity index (χ2n) is 5.43. The molecular formula is C15H18N4. The molecule has 0 bridgehead atoms. The maximum absolute atomic E-state index is 4.87. The van der Waals surface area contributed by atoms with Crippen LogP contribution in [0.2, 0.25) is 0 Å². The van der Waals surface area contributed by atoms with Crippen molar-refractivity contribution in [3.8, 4) is 0 Å². The fraction of sp³-hybridized carbons (Fsp3) is 0.467. The third-order valence-corrected chi connectivity index (χ3v) is 3.96. The van der Waals surface area contributed by atoms with Crippen molar-refractivity contribution in [1.29, 1.82) is 0 Å². The molecule has 2 aromatic rings. The van der Waals surface area contributed by atoms with E-state index in [2.05, 4.69) is 34.5 Å². The van der Waals surface area contributed by atoms with E-state index in [9.17, 15) is 0 Å². The molecular weight excluding hydrogens is 236 g/mol. The van der Waals surface area contributed by atoms with Gasteiger partial charge in [0.15, 0.2) is 0 Å². The molecule has 0 radical (unpaired) electrons. The summed E-state index contributed by atoms with van der Waals surface area (Å²) < 4.78 is 0. The van der Waals surface area contributed by atoms with Gasteiger partial charge in [0.25, 0.3) is 0 Å². The number of rotatable bonds is 2. The second kappa shape index (κ2) is 4.46. The Kier molecular flexibility index (Phi) is 2.62. The number of aromatic nitrogens is 2. The van der Waals surface area contributed by atoms with E-state index in [-0.39, 0.29) is 0 Å². The molecule has 98 valence electrons. The standard InChI is InChI=1S/C15H18N4/c1-2-4-13-12(3-1)15(19-9-7-16-8-10-19)18-14(17-13)11-5-6-11/h1-4,11,16H,5-10H2. The molecule has 1 aromatic carbocycles. The molecule has 4 nitrogen and oxygen atoms in total. The number of benzene rings is 1. The molecule has 19 heavy (non-hydrogen) atoms. The molecule has 0 spiro atoms. The van der Waals surface area contributed by atoms with E-state index in [1.165, 1.54) is 18.2 Å². The quantitative estimate of drug-likeness (QED) is 0.889. The van der Waals surface area contributed by atoms with Crippen LogP contribution in [0, 0.1) is 0 Å². The number of fused-ring (bicyclic) bond motifs is 1. The number of hydrogen-bond donors (Lipinski definition) is 1. The van der Waals surface area contributed by atoms with Crippen molar-refractivity contribution in [3.05, 3.63) is 30.1 Å². The van der Waals surface area contributed by atoms with Crippen LogP contribution in [0.3, 0.4) is 0 Å². The summed E-state index contributed by atoms with van der Waals surface area (Å²) in [5, 5.41) is 4.59. The Hall–Kier alpha value is -1.68. The second-order valence-corrected chi connectivity index (χ2v) is 5.43. The van der Waals surface area contributed by atoms with Crippen LogP contribution < -0.4 is 10.2 Å². The third-order valence-electron chi connectivity index (χ3n) is 3.96. The Morgan fingerprint density at radius 2 is 1.84 bits per heavy atom. The van der Waals surface area contributed by atoms with Gasteiger partial charge in [-0.1, -0.05) is 12.1 Å². The van der Waals surface area contributed by atoms with Crippen molar-refractivity contribution in [3.63, 3.8) is 0 Å². The zero-order valence-electron chi connectivity index (χ0n) is 11.0. The summed E-state index contributed by atoms with van der Waals surface area (Å²) >= 11 is 0. The lowest BCUT2D eigenvalue weighted by Crippen LogP contribution is -2.44. The van der Waals surface area contributed by atoms with Gasteiger partial charge in [0.05, 0.1) is 5.52 Å². The first-order valence-corrected chi connectivity index (χ1v) is 7.14. The highest BCUT2D eigenvalue weighted by molar-refractivity contribution is 5.89. The number of hydrogen-bond acceptors (Lipinski definition) is 4. The van der Waals surface area contributed by atoms with Crippen molar-refractivity contribution in [1.82, 2.24) is 15.3 Å². The topological polar surface area (TPSA) is 41.0 Å². The van der Waals surface area contributed by atoms with Crippen molar-refractivity contribution in [2.45, 2.75) is 18.8 Å². The lowest BCUT2D eigenvalue weighted by Gasteiger charge is -2.29. The van der Waals surface area contributed by atoms with Crippen LogP contribution in [0.25, 0.3) is 10.9 Å². The van der Waals surface area contributed by atoms with Crippen LogP contribution in [0.4, 0.5) is 5.82 Å². The Labute approximate surface area is 112 Å². The van der Waals surface area contributed by atoms with Gasteiger partial charge in [-0.2, -0.15) is 0 Å². The molecule has 2 fully saturated rings. The van der Waals surface area contributed by atoms with Crippen LogP contribution >= 0.6 is 0 Å². The molecule has 1 aliphatic carbocycles. The Morgan fingerprint density at radius 3 is 2.63 bits per heavy atom. The van der Waals surface area contributed by atoms with Gasteiger partial charge < -0.3 is 10.2 Å². The minimum Gasteiger partial charge on any atom is -0.353 e. The van der Waals surface area contributed by atoms with Crippen LogP contribution in [0.5, 0.6) is 0 Å². The monoisotopic (exact) mass is 254 g/mol. The van der Waals surface area contributed by atoms with Crippen LogP contribution in [0.1, 0.15) is 24.6 Å². The average Bonchev–Trinajstić information content (AvgIpc) is 3.32. The number of para-hydroxylation sites is 1. The largest absolute Gasteiger partial charge is 0.353 e. The molecule has 1 saturated heterocycles. The lowest BCUT2D eigenvalue weighted by atomic mass is 10.2. The van der Waals surface area contributed by atoms with Gasteiger partial charge in [0.2, 0.25) is 0 Å². The van der Waals surface area contributed by atoms with Gasteiger partial charge in [0.1, 0.15) is 11.6 Å². The smallest absolute Gasteiger partial charge is 0.140 e. The maximum atomic E-state index is 4.87. The van der Waals surface area contributed by atoms with Gasteiger partial charge >= 0.3 is 0 Å². The van der Waals surface area contributed by atoms with E-state index in [0.29, 0.717) is 5.92 Å². The van der Waals surface area contributed by atoms with Crippen LogP contribution in [-0.4, -0.2) is 36.1 Å². The van der Waals surface area contributed by atoms with E-state index in [4.69, 9.17) is 9.97 Å². The van der Waals surface area contributed by atoms with E-state index < -0.39 is 0 Å². The van der Waals surface area contributed by atoms with Gasteiger partial charge in [-0.05, 0) is 25.0 Å². The third kappa shape index (κ3) is 2.06. The highest BCUT2D eigenvalue weighted by Crippen LogP contribution is 2.39. The Bertz CT molecular complexity index is 600. The van der Waals surface area contributed by atoms with Crippen LogP contribution in [-0.2, 0) is 0 Å². The maximum Gasteiger partial charge on any atom is 0.140 e. The van der Waals surface area contributed by atoms with Gasteiger partial charge in [0, 0.05) is 37.5 Å². The predicted octanol–water partition coefficient (Wildman–Crippen LogP) is 1.92. The molecule has 0 unspecified atom stereocenters. The SMILES string of the molecule is c1ccc2c(N3CCNCC3)nc(C3CC3)nc2c1. The summed E-state index contributed by atoms with van der Waals surface area (Å²) in [4.78, 5) is 12.0. The summed E-state index contributed by atoms with van der Waals surface area (Å²) in [6, 6.07) is 8.39. The Balaban J connectivity index is 1.85. The lowest BCUT2D eigenvalue weighted by molar-refractivity contribution is 0.585. The fourth-order valence-electron chi connectivity index (χ4n) is 2.72. The van der Waals surface area contributed by atoms with E-state index in [1.807, 2.05) is 0 Å². The molecule has 1 aromatic heterocycles. The Morgan fingerprint density at radius 1 is 1.05 bits per heavy atom.